The third kappa shape index (κ3) is 5.48. The zero-order valence-electron chi connectivity index (χ0n) is 16.3. The van der Waals surface area contributed by atoms with Gasteiger partial charge in [0.25, 0.3) is 5.91 Å². The molecule has 0 aliphatic heterocycles. The highest BCUT2D eigenvalue weighted by molar-refractivity contribution is 7.15. The molecule has 0 fully saturated rings. The maximum Gasteiger partial charge on any atom is 0.341 e. The Kier molecular flexibility index (Phi) is 7.38. The van der Waals surface area contributed by atoms with Crippen LogP contribution in [0.1, 0.15) is 27.6 Å². The van der Waals surface area contributed by atoms with Crippen molar-refractivity contribution in [3.63, 3.8) is 0 Å². The summed E-state index contributed by atoms with van der Waals surface area (Å²) < 4.78 is 23.7. The van der Waals surface area contributed by atoms with Gasteiger partial charge >= 0.3 is 11.9 Å². The number of anilines is 1. The van der Waals surface area contributed by atoms with Crippen molar-refractivity contribution in [1.29, 1.82) is 0 Å². The average Bonchev–Trinajstić information content (AvgIpc) is 3.16. The molecule has 160 valence electrons. The van der Waals surface area contributed by atoms with Gasteiger partial charge in [-0.15, -0.1) is 11.3 Å². The van der Waals surface area contributed by atoms with E-state index < -0.39 is 30.3 Å². The highest BCUT2D eigenvalue weighted by Crippen LogP contribution is 2.36. The molecule has 0 bridgehead atoms. The molecular weight excluding hydrogens is 445 g/mol. The van der Waals surface area contributed by atoms with Crippen LogP contribution in [0.3, 0.4) is 0 Å². The number of carbonyl (C=O) groups excluding carboxylic acids is 3. The minimum Gasteiger partial charge on any atom is -0.462 e. The first-order valence-corrected chi connectivity index (χ1v) is 10.4. The van der Waals surface area contributed by atoms with E-state index in [1.54, 1.807) is 36.6 Å². The van der Waals surface area contributed by atoms with E-state index in [4.69, 9.17) is 21.1 Å². The number of benzene rings is 2. The van der Waals surface area contributed by atoms with Crippen molar-refractivity contribution in [3.8, 4) is 11.1 Å². The van der Waals surface area contributed by atoms with E-state index in [2.05, 4.69) is 5.32 Å². The number of halogens is 2. The average molecular weight is 462 g/mol. The van der Waals surface area contributed by atoms with Gasteiger partial charge in [0.05, 0.1) is 12.2 Å². The van der Waals surface area contributed by atoms with Gasteiger partial charge in [-0.3, -0.25) is 4.79 Å². The van der Waals surface area contributed by atoms with Gasteiger partial charge in [-0.05, 0) is 36.8 Å². The summed E-state index contributed by atoms with van der Waals surface area (Å²) in [7, 11) is 0. The predicted molar refractivity (Wildman–Crippen MR) is 116 cm³/mol. The molecule has 0 atom stereocenters. The fourth-order valence-corrected chi connectivity index (χ4v) is 3.80. The van der Waals surface area contributed by atoms with E-state index >= 15 is 0 Å². The second kappa shape index (κ2) is 10.2. The quantitative estimate of drug-likeness (QED) is 0.490. The minimum absolute atomic E-state index is 0.155. The lowest BCUT2D eigenvalue weighted by Gasteiger charge is -2.09. The molecule has 3 aromatic rings. The van der Waals surface area contributed by atoms with Crippen molar-refractivity contribution in [3.05, 3.63) is 75.9 Å². The van der Waals surface area contributed by atoms with Crippen LogP contribution in [0.2, 0.25) is 5.02 Å². The smallest absolute Gasteiger partial charge is 0.341 e. The molecule has 0 unspecified atom stereocenters. The SMILES string of the molecule is CCOC(=O)c1c(-c2ccc(Cl)cc2)csc1NC(=O)COC(=O)c1ccccc1F. The Hall–Kier alpha value is -3.23. The van der Waals surface area contributed by atoms with Crippen LogP contribution >= 0.6 is 22.9 Å². The first-order chi connectivity index (χ1) is 14.9. The van der Waals surface area contributed by atoms with Gasteiger partial charge in [0.15, 0.2) is 6.61 Å². The monoisotopic (exact) mass is 461 g/mol. The number of hydrogen-bond acceptors (Lipinski definition) is 6. The predicted octanol–water partition coefficient (Wildman–Crippen LogP) is 5.18. The summed E-state index contributed by atoms with van der Waals surface area (Å²) in [6, 6.07) is 12.1. The molecule has 1 amide bonds. The zero-order valence-corrected chi connectivity index (χ0v) is 17.9. The first kappa shape index (κ1) is 22.5. The van der Waals surface area contributed by atoms with Gasteiger partial charge in [-0.1, -0.05) is 35.9 Å². The molecule has 3 rings (SSSR count). The molecule has 0 saturated carbocycles. The molecule has 1 heterocycles. The van der Waals surface area contributed by atoms with E-state index in [0.717, 1.165) is 23.0 Å². The van der Waals surface area contributed by atoms with Crippen molar-refractivity contribution in [1.82, 2.24) is 0 Å². The second-order valence-corrected chi connectivity index (χ2v) is 7.50. The van der Waals surface area contributed by atoms with Gasteiger partial charge in [0.2, 0.25) is 0 Å². The third-order valence-corrected chi connectivity index (χ3v) is 5.25. The van der Waals surface area contributed by atoms with Crippen molar-refractivity contribution >= 4 is 45.8 Å². The number of esters is 2. The number of ether oxygens (including phenoxy) is 2. The van der Waals surface area contributed by atoms with Crippen LogP contribution in [0.4, 0.5) is 9.39 Å². The van der Waals surface area contributed by atoms with Crippen molar-refractivity contribution < 1.29 is 28.2 Å². The standard InChI is InChI=1S/C22H17ClFNO5S/c1-2-29-22(28)19-16(13-7-9-14(23)10-8-13)12-31-20(19)25-18(26)11-30-21(27)15-5-3-4-6-17(15)24/h3-10,12H,2,11H2,1H3,(H,25,26). The number of nitrogens with one attached hydrogen (secondary N) is 1. The van der Waals surface area contributed by atoms with Crippen molar-refractivity contribution in [2.45, 2.75) is 6.92 Å². The Bertz CT molecular complexity index is 1110. The Morgan fingerprint density at radius 1 is 1.03 bits per heavy atom. The molecule has 31 heavy (non-hydrogen) atoms. The summed E-state index contributed by atoms with van der Waals surface area (Å²) in [5, 5.41) is 5.05. The van der Waals surface area contributed by atoms with Gasteiger partial charge in [0.1, 0.15) is 16.4 Å². The highest BCUT2D eigenvalue weighted by Gasteiger charge is 2.23. The number of hydrogen-bond donors (Lipinski definition) is 1. The van der Waals surface area contributed by atoms with E-state index in [-0.39, 0.29) is 22.7 Å². The minimum atomic E-state index is -0.966. The van der Waals surface area contributed by atoms with Crippen molar-refractivity contribution in [2.75, 3.05) is 18.5 Å². The molecule has 0 saturated heterocycles. The topological polar surface area (TPSA) is 81.7 Å². The number of carbonyl (C=O) groups is 3. The molecule has 1 aromatic heterocycles. The maximum atomic E-state index is 13.7. The molecule has 0 spiro atoms. The van der Waals surface area contributed by atoms with Gasteiger partial charge in [-0.25, -0.2) is 14.0 Å². The highest BCUT2D eigenvalue weighted by atomic mass is 35.5. The van der Waals surface area contributed by atoms with E-state index in [1.807, 2.05) is 0 Å². The van der Waals surface area contributed by atoms with Crippen LogP contribution in [-0.4, -0.2) is 31.1 Å². The van der Waals surface area contributed by atoms with Gasteiger partial charge < -0.3 is 14.8 Å². The van der Waals surface area contributed by atoms with Crippen LogP contribution in [-0.2, 0) is 14.3 Å². The zero-order chi connectivity index (χ0) is 22.4. The van der Waals surface area contributed by atoms with Crippen LogP contribution in [0.5, 0.6) is 0 Å². The molecule has 0 aliphatic rings. The second-order valence-electron chi connectivity index (χ2n) is 6.19. The Morgan fingerprint density at radius 3 is 2.42 bits per heavy atom. The summed E-state index contributed by atoms with van der Waals surface area (Å²) in [5.74, 6) is -3.00. The Balaban J connectivity index is 1.76. The van der Waals surface area contributed by atoms with Crippen LogP contribution < -0.4 is 5.32 Å². The first-order valence-electron chi connectivity index (χ1n) is 9.16. The molecule has 9 heteroatoms. The van der Waals surface area contributed by atoms with Crippen LogP contribution in [0.15, 0.2) is 53.9 Å². The molecular formula is C22H17ClFNO5S. The number of amides is 1. The Labute approximate surface area is 186 Å². The van der Waals surface area contributed by atoms with Crippen LogP contribution in [0.25, 0.3) is 11.1 Å². The lowest BCUT2D eigenvalue weighted by atomic mass is 10.0. The summed E-state index contributed by atoms with van der Waals surface area (Å²) >= 11 is 7.05. The lowest BCUT2D eigenvalue weighted by Crippen LogP contribution is -2.22. The maximum absolute atomic E-state index is 13.7. The fraction of sp³-hybridized carbons (Fsp3) is 0.136. The van der Waals surface area contributed by atoms with Gasteiger partial charge in [-0.2, -0.15) is 0 Å². The van der Waals surface area contributed by atoms with Crippen LogP contribution in [0, 0.1) is 5.82 Å². The molecule has 0 radical (unpaired) electrons. The van der Waals surface area contributed by atoms with E-state index in [1.165, 1.54) is 18.2 Å². The lowest BCUT2D eigenvalue weighted by molar-refractivity contribution is -0.119. The van der Waals surface area contributed by atoms with Gasteiger partial charge in [0, 0.05) is 16.0 Å². The summed E-state index contributed by atoms with van der Waals surface area (Å²) in [5.41, 5.74) is 1.19. The largest absolute Gasteiger partial charge is 0.462 e. The Morgan fingerprint density at radius 2 is 1.74 bits per heavy atom. The summed E-state index contributed by atoms with van der Waals surface area (Å²) in [6.45, 7) is 1.18. The molecule has 1 N–H and O–H groups in total. The number of thiophene rings is 1. The molecule has 0 aliphatic carbocycles. The van der Waals surface area contributed by atoms with E-state index in [0.29, 0.717) is 10.6 Å². The number of rotatable bonds is 7. The van der Waals surface area contributed by atoms with Crippen molar-refractivity contribution in [2.24, 2.45) is 0 Å². The summed E-state index contributed by atoms with van der Waals surface area (Å²) in [6.07, 6.45) is 0. The normalized spacial score (nSPS) is 10.4. The molecule has 6 nitrogen and oxygen atoms in total. The van der Waals surface area contributed by atoms with E-state index in [9.17, 15) is 18.8 Å². The summed E-state index contributed by atoms with van der Waals surface area (Å²) in [4.78, 5) is 36.8. The molecule has 2 aromatic carbocycles. The fourth-order valence-electron chi connectivity index (χ4n) is 2.70. The third-order valence-electron chi connectivity index (χ3n) is 4.11.